The van der Waals surface area contributed by atoms with Gasteiger partial charge in [-0.2, -0.15) is 18.3 Å². The first kappa shape index (κ1) is 14.4. The Balaban J connectivity index is 2.03. The fourth-order valence-corrected chi connectivity index (χ4v) is 2.36. The summed E-state index contributed by atoms with van der Waals surface area (Å²) in [6, 6.07) is 13.5. The van der Waals surface area contributed by atoms with E-state index >= 15 is 0 Å². The van der Waals surface area contributed by atoms with E-state index in [1.807, 2.05) is 12.1 Å². The molecule has 0 bridgehead atoms. The Kier molecular flexibility index (Phi) is 3.52. The fourth-order valence-electron chi connectivity index (χ4n) is 2.36. The number of hydrogen-bond donors (Lipinski definition) is 0. The van der Waals surface area contributed by atoms with Gasteiger partial charge in [0.25, 0.3) is 0 Å². The van der Waals surface area contributed by atoms with Crippen molar-refractivity contribution < 1.29 is 17.9 Å². The Morgan fingerprint density at radius 3 is 2.36 bits per heavy atom. The largest absolute Gasteiger partial charge is 0.497 e. The van der Waals surface area contributed by atoms with E-state index in [-0.39, 0.29) is 11.9 Å². The Morgan fingerprint density at radius 2 is 1.73 bits per heavy atom. The topological polar surface area (TPSA) is 27.1 Å². The van der Waals surface area contributed by atoms with Gasteiger partial charge < -0.3 is 4.74 Å². The number of fused-ring (bicyclic) bond motifs is 1. The molecule has 1 aromatic heterocycles. The maximum Gasteiger partial charge on any atom is 0.435 e. The van der Waals surface area contributed by atoms with Gasteiger partial charge in [0.1, 0.15) is 5.75 Å². The molecular formula is C16H13F3N2O. The van der Waals surface area contributed by atoms with Gasteiger partial charge in [0.15, 0.2) is 5.69 Å². The molecule has 22 heavy (non-hydrogen) atoms. The van der Waals surface area contributed by atoms with Gasteiger partial charge >= 0.3 is 6.18 Å². The third kappa shape index (κ3) is 2.64. The van der Waals surface area contributed by atoms with E-state index in [9.17, 15) is 13.2 Å². The summed E-state index contributed by atoms with van der Waals surface area (Å²) in [7, 11) is 1.56. The molecule has 3 nitrogen and oxygen atoms in total. The number of benzene rings is 2. The highest BCUT2D eigenvalue weighted by molar-refractivity contribution is 5.82. The average molecular weight is 306 g/mol. The highest BCUT2D eigenvalue weighted by Gasteiger charge is 2.36. The molecule has 0 radical (unpaired) electrons. The maximum atomic E-state index is 13.1. The summed E-state index contributed by atoms with van der Waals surface area (Å²) < 4.78 is 45.7. The van der Waals surface area contributed by atoms with Crippen LogP contribution in [0.5, 0.6) is 5.75 Å². The van der Waals surface area contributed by atoms with E-state index in [0.29, 0.717) is 11.3 Å². The van der Waals surface area contributed by atoms with Gasteiger partial charge in [-0.3, -0.25) is 4.68 Å². The van der Waals surface area contributed by atoms with Crippen LogP contribution in [0.4, 0.5) is 13.2 Å². The molecule has 0 N–H and O–H groups in total. The number of aromatic nitrogens is 2. The minimum Gasteiger partial charge on any atom is -0.497 e. The van der Waals surface area contributed by atoms with Crippen LogP contribution in [-0.2, 0) is 12.7 Å². The number of methoxy groups -OCH3 is 1. The molecule has 0 saturated heterocycles. The SMILES string of the molecule is COc1ccc(Cn2nc(C(F)(F)F)c3ccccc32)cc1. The molecule has 0 aliphatic rings. The van der Waals surface area contributed by atoms with Crippen molar-refractivity contribution in [1.82, 2.24) is 9.78 Å². The molecule has 2 aromatic carbocycles. The van der Waals surface area contributed by atoms with Gasteiger partial charge in [0, 0.05) is 5.39 Å². The second-order valence-electron chi connectivity index (χ2n) is 4.87. The molecule has 0 spiro atoms. The van der Waals surface area contributed by atoms with Crippen LogP contribution in [0.2, 0.25) is 0 Å². The first-order valence-electron chi connectivity index (χ1n) is 6.65. The first-order valence-corrected chi connectivity index (χ1v) is 6.65. The summed E-state index contributed by atoms with van der Waals surface area (Å²) in [6.45, 7) is 0.264. The summed E-state index contributed by atoms with van der Waals surface area (Å²) in [4.78, 5) is 0. The molecular weight excluding hydrogens is 293 g/mol. The monoisotopic (exact) mass is 306 g/mol. The Bertz CT molecular complexity index is 791. The summed E-state index contributed by atoms with van der Waals surface area (Å²) in [5.41, 5.74) is 0.463. The van der Waals surface area contributed by atoms with Crippen molar-refractivity contribution in [1.29, 1.82) is 0 Å². The van der Waals surface area contributed by atoms with Crippen LogP contribution >= 0.6 is 0 Å². The lowest BCUT2D eigenvalue weighted by Crippen LogP contribution is -2.08. The van der Waals surface area contributed by atoms with E-state index in [2.05, 4.69) is 5.10 Å². The number of rotatable bonds is 3. The van der Waals surface area contributed by atoms with Crippen LogP contribution in [0.1, 0.15) is 11.3 Å². The molecule has 3 aromatic rings. The molecule has 0 aliphatic heterocycles. The van der Waals surface area contributed by atoms with E-state index in [4.69, 9.17) is 4.74 Å². The zero-order chi connectivity index (χ0) is 15.7. The quantitative estimate of drug-likeness (QED) is 0.728. The molecule has 114 valence electrons. The maximum absolute atomic E-state index is 13.1. The molecule has 0 aliphatic carbocycles. The first-order chi connectivity index (χ1) is 10.5. The van der Waals surface area contributed by atoms with E-state index in [1.54, 1.807) is 37.4 Å². The van der Waals surface area contributed by atoms with Crippen LogP contribution in [0.15, 0.2) is 48.5 Å². The van der Waals surface area contributed by atoms with Crippen LogP contribution in [-0.4, -0.2) is 16.9 Å². The second kappa shape index (κ2) is 5.36. The number of alkyl halides is 3. The molecule has 3 rings (SSSR count). The average Bonchev–Trinajstić information content (AvgIpc) is 2.87. The normalized spacial score (nSPS) is 11.8. The molecule has 0 unspecified atom stereocenters. The Labute approximate surface area is 124 Å². The van der Waals surface area contributed by atoms with Crippen molar-refractivity contribution >= 4 is 10.9 Å². The Hall–Kier alpha value is -2.50. The zero-order valence-corrected chi connectivity index (χ0v) is 11.8. The third-order valence-electron chi connectivity index (χ3n) is 3.42. The van der Waals surface area contributed by atoms with Crippen molar-refractivity contribution in [2.75, 3.05) is 7.11 Å². The van der Waals surface area contributed by atoms with Crippen molar-refractivity contribution in [3.63, 3.8) is 0 Å². The highest BCUT2D eigenvalue weighted by atomic mass is 19.4. The second-order valence-corrected chi connectivity index (χ2v) is 4.87. The molecule has 0 atom stereocenters. The van der Waals surface area contributed by atoms with E-state index in [0.717, 1.165) is 5.56 Å². The summed E-state index contributed by atoms with van der Waals surface area (Å²) in [6.07, 6.45) is -4.47. The van der Waals surface area contributed by atoms with Gasteiger partial charge in [-0.25, -0.2) is 0 Å². The van der Waals surface area contributed by atoms with Crippen molar-refractivity contribution in [2.24, 2.45) is 0 Å². The van der Waals surface area contributed by atoms with Gasteiger partial charge in [0.2, 0.25) is 0 Å². The van der Waals surface area contributed by atoms with Gasteiger partial charge in [-0.15, -0.1) is 0 Å². The molecule has 0 fully saturated rings. The molecule has 0 amide bonds. The lowest BCUT2D eigenvalue weighted by atomic mass is 10.2. The van der Waals surface area contributed by atoms with Gasteiger partial charge in [-0.1, -0.05) is 30.3 Å². The molecule has 1 heterocycles. The number of hydrogen-bond acceptors (Lipinski definition) is 2. The number of halogens is 3. The van der Waals surface area contributed by atoms with Crippen molar-refractivity contribution in [2.45, 2.75) is 12.7 Å². The predicted octanol–water partition coefficient (Wildman–Crippen LogP) is 4.11. The van der Waals surface area contributed by atoms with Crippen LogP contribution < -0.4 is 4.74 Å². The lowest BCUT2D eigenvalue weighted by Gasteiger charge is -2.05. The van der Waals surface area contributed by atoms with Gasteiger partial charge in [0.05, 0.1) is 19.2 Å². The van der Waals surface area contributed by atoms with Crippen LogP contribution in [0, 0.1) is 0 Å². The number of nitrogens with zero attached hydrogens (tertiary/aromatic N) is 2. The molecule has 0 saturated carbocycles. The van der Waals surface area contributed by atoms with Gasteiger partial charge in [-0.05, 0) is 23.8 Å². The number of para-hydroxylation sites is 1. The van der Waals surface area contributed by atoms with E-state index in [1.165, 1.54) is 10.7 Å². The standard InChI is InChI=1S/C16H13F3N2O/c1-22-12-8-6-11(7-9-12)10-21-14-5-3-2-4-13(14)15(20-21)16(17,18)19/h2-9H,10H2,1H3. The minimum atomic E-state index is -4.47. The molecule has 6 heteroatoms. The van der Waals surface area contributed by atoms with E-state index < -0.39 is 11.9 Å². The number of ether oxygens (including phenoxy) is 1. The summed E-state index contributed by atoms with van der Waals surface area (Å²) >= 11 is 0. The van der Waals surface area contributed by atoms with Crippen molar-refractivity contribution in [3.8, 4) is 5.75 Å². The zero-order valence-electron chi connectivity index (χ0n) is 11.8. The fraction of sp³-hybridized carbons (Fsp3) is 0.188. The predicted molar refractivity (Wildman–Crippen MR) is 76.8 cm³/mol. The lowest BCUT2D eigenvalue weighted by molar-refractivity contribution is -0.140. The van der Waals surface area contributed by atoms with Crippen molar-refractivity contribution in [3.05, 3.63) is 59.8 Å². The Morgan fingerprint density at radius 1 is 1.05 bits per heavy atom. The van der Waals surface area contributed by atoms with Crippen LogP contribution in [0.25, 0.3) is 10.9 Å². The smallest absolute Gasteiger partial charge is 0.435 e. The highest BCUT2D eigenvalue weighted by Crippen LogP contribution is 2.34. The summed E-state index contributed by atoms with van der Waals surface area (Å²) in [5.74, 6) is 0.699. The summed E-state index contributed by atoms with van der Waals surface area (Å²) in [5, 5.41) is 3.87. The third-order valence-corrected chi connectivity index (χ3v) is 3.42. The minimum absolute atomic E-state index is 0.114. The van der Waals surface area contributed by atoms with Crippen LogP contribution in [0.3, 0.4) is 0 Å².